The van der Waals surface area contributed by atoms with Crippen LogP contribution in [0.1, 0.15) is 27.8 Å². The lowest BCUT2D eigenvalue weighted by atomic mass is 9.89. The van der Waals surface area contributed by atoms with Gasteiger partial charge in [-0.25, -0.2) is 4.57 Å². The van der Waals surface area contributed by atoms with Crippen molar-refractivity contribution in [3.63, 3.8) is 0 Å². The molecular weight excluding hydrogens is 335 g/mol. The van der Waals surface area contributed by atoms with Crippen molar-refractivity contribution in [3.8, 4) is 5.75 Å². The summed E-state index contributed by atoms with van der Waals surface area (Å²) in [6.07, 6.45) is 6.33. The van der Waals surface area contributed by atoms with Crippen LogP contribution in [-0.2, 0) is 9.09 Å². The number of phosphoric ester groups is 1. The van der Waals surface area contributed by atoms with Crippen molar-refractivity contribution in [1.29, 1.82) is 0 Å². The fraction of sp³-hybridized carbons (Fsp3) is 0. The van der Waals surface area contributed by atoms with E-state index < -0.39 is 7.82 Å². The molecule has 0 saturated heterocycles. The van der Waals surface area contributed by atoms with Gasteiger partial charge >= 0.3 is 7.82 Å². The lowest BCUT2D eigenvalue weighted by Gasteiger charge is -2.16. The summed E-state index contributed by atoms with van der Waals surface area (Å²) in [4.78, 5) is 9.88. The maximum absolute atomic E-state index is 12.1. The van der Waals surface area contributed by atoms with Gasteiger partial charge in [-0.2, -0.15) is 0 Å². The van der Waals surface area contributed by atoms with E-state index in [1.165, 1.54) is 6.26 Å². The van der Waals surface area contributed by atoms with Crippen LogP contribution in [0.5, 0.6) is 5.75 Å². The summed E-state index contributed by atoms with van der Waals surface area (Å²) in [5.41, 5.74) is 4.45. The minimum atomic E-state index is -4.26. The Hall–Kier alpha value is -2.81. The van der Waals surface area contributed by atoms with Gasteiger partial charge in [-0.3, -0.25) is 4.89 Å². The standard InChI is InChI=1S/C20H17O4P/c1-4-14-9-7-8-10-17(14)18-13-23-25(21,22)24-19-12-11-15(5-2)16(6-3)20(18)19/h4-13H,1-3H2,(H,21,22). The maximum Gasteiger partial charge on any atom is 0.584 e. The predicted molar refractivity (Wildman–Crippen MR) is 102 cm³/mol. The Balaban J connectivity index is 2.39. The van der Waals surface area contributed by atoms with Crippen LogP contribution in [0.15, 0.2) is 62.4 Å². The monoisotopic (exact) mass is 352 g/mol. The molecule has 4 nitrogen and oxygen atoms in total. The zero-order chi connectivity index (χ0) is 18.0. The Morgan fingerprint density at radius 2 is 1.68 bits per heavy atom. The molecule has 0 spiro atoms. The van der Waals surface area contributed by atoms with Gasteiger partial charge < -0.3 is 9.05 Å². The molecule has 2 aromatic rings. The third-order valence-electron chi connectivity index (χ3n) is 3.92. The van der Waals surface area contributed by atoms with Crippen molar-refractivity contribution in [3.05, 3.63) is 90.2 Å². The quantitative estimate of drug-likeness (QED) is 0.737. The summed E-state index contributed by atoms with van der Waals surface area (Å²) in [6.45, 7) is 11.5. The van der Waals surface area contributed by atoms with Crippen LogP contribution in [0.2, 0.25) is 0 Å². The summed E-state index contributed by atoms with van der Waals surface area (Å²) < 4.78 is 22.4. The van der Waals surface area contributed by atoms with Crippen LogP contribution >= 0.6 is 7.82 Å². The number of hydrogen-bond acceptors (Lipinski definition) is 3. The van der Waals surface area contributed by atoms with Gasteiger partial charge in [-0.05, 0) is 28.3 Å². The van der Waals surface area contributed by atoms with Crippen molar-refractivity contribution in [2.75, 3.05) is 0 Å². The fourth-order valence-corrected chi connectivity index (χ4v) is 3.49. The van der Waals surface area contributed by atoms with Crippen molar-refractivity contribution < 1.29 is 18.5 Å². The Labute approximate surface area is 146 Å². The molecule has 0 saturated carbocycles. The predicted octanol–water partition coefficient (Wildman–Crippen LogP) is 5.51. The van der Waals surface area contributed by atoms with E-state index in [4.69, 9.17) is 9.05 Å². The van der Waals surface area contributed by atoms with Crippen LogP contribution < -0.4 is 4.52 Å². The summed E-state index contributed by atoms with van der Waals surface area (Å²) in [6, 6.07) is 10.9. The first-order valence-electron chi connectivity index (χ1n) is 7.56. The highest BCUT2D eigenvalue weighted by molar-refractivity contribution is 7.48. The molecule has 1 unspecified atom stereocenters. The number of rotatable bonds is 4. The largest absolute Gasteiger partial charge is 0.584 e. The van der Waals surface area contributed by atoms with E-state index in [0.29, 0.717) is 11.1 Å². The van der Waals surface area contributed by atoms with Crippen LogP contribution in [0.25, 0.3) is 23.8 Å². The minimum absolute atomic E-state index is 0.244. The van der Waals surface area contributed by atoms with Gasteiger partial charge in [0.15, 0.2) is 0 Å². The molecule has 1 N–H and O–H groups in total. The number of fused-ring (bicyclic) bond motifs is 1. The van der Waals surface area contributed by atoms with E-state index in [1.54, 1.807) is 30.4 Å². The van der Waals surface area contributed by atoms with Gasteiger partial charge in [0, 0.05) is 11.1 Å². The van der Waals surface area contributed by atoms with Gasteiger partial charge in [0.05, 0.1) is 0 Å². The second kappa shape index (κ2) is 6.60. The molecule has 0 fully saturated rings. The first-order valence-corrected chi connectivity index (χ1v) is 9.05. The highest BCUT2D eigenvalue weighted by Gasteiger charge is 2.31. The highest BCUT2D eigenvalue weighted by Crippen LogP contribution is 2.52. The van der Waals surface area contributed by atoms with Gasteiger partial charge in [-0.15, -0.1) is 0 Å². The first-order chi connectivity index (χ1) is 12.0. The minimum Gasteiger partial charge on any atom is -0.402 e. The van der Waals surface area contributed by atoms with E-state index in [-0.39, 0.29) is 5.75 Å². The number of hydrogen-bond donors (Lipinski definition) is 1. The van der Waals surface area contributed by atoms with Crippen LogP contribution in [0, 0.1) is 0 Å². The van der Waals surface area contributed by atoms with E-state index >= 15 is 0 Å². The third kappa shape index (κ3) is 3.10. The normalized spacial score (nSPS) is 18.7. The number of phosphoric acid groups is 1. The average molecular weight is 352 g/mol. The van der Waals surface area contributed by atoms with E-state index in [9.17, 15) is 9.46 Å². The molecule has 0 radical (unpaired) electrons. The van der Waals surface area contributed by atoms with Crippen LogP contribution in [-0.4, -0.2) is 4.89 Å². The summed E-state index contributed by atoms with van der Waals surface area (Å²) in [5, 5.41) is 0. The molecule has 0 aromatic heterocycles. The fourth-order valence-electron chi connectivity index (χ4n) is 2.81. The van der Waals surface area contributed by atoms with Crippen LogP contribution in [0.4, 0.5) is 0 Å². The van der Waals surface area contributed by atoms with Crippen molar-refractivity contribution >= 4 is 31.6 Å². The Morgan fingerprint density at radius 1 is 0.960 bits per heavy atom. The van der Waals surface area contributed by atoms with Gasteiger partial charge in [0.1, 0.15) is 12.0 Å². The SMILES string of the molecule is C=Cc1ccccc1C1=COP(=O)(O)Oc2ccc(C=C)c(C=C)c21. The molecule has 2 aromatic carbocycles. The average Bonchev–Trinajstić information content (AvgIpc) is 2.75. The summed E-state index contributed by atoms with van der Waals surface area (Å²) in [7, 11) is -4.26. The topological polar surface area (TPSA) is 55.8 Å². The number of benzene rings is 2. The molecule has 1 aliphatic heterocycles. The van der Waals surface area contributed by atoms with Crippen molar-refractivity contribution in [2.45, 2.75) is 0 Å². The second-order valence-electron chi connectivity index (χ2n) is 5.34. The van der Waals surface area contributed by atoms with E-state index in [2.05, 4.69) is 19.7 Å². The van der Waals surface area contributed by atoms with Gasteiger partial charge in [-0.1, -0.05) is 68.3 Å². The Bertz CT molecular complexity index is 956. The van der Waals surface area contributed by atoms with Gasteiger partial charge in [0.2, 0.25) is 0 Å². The molecule has 1 heterocycles. The molecule has 1 aliphatic rings. The zero-order valence-corrected chi connectivity index (χ0v) is 14.4. The lowest BCUT2D eigenvalue weighted by Crippen LogP contribution is -1.98. The second-order valence-corrected chi connectivity index (χ2v) is 6.67. The molecular formula is C20H17O4P. The first kappa shape index (κ1) is 17.0. The van der Waals surface area contributed by atoms with E-state index in [0.717, 1.165) is 22.3 Å². The molecule has 0 amide bonds. The maximum atomic E-state index is 12.1. The summed E-state index contributed by atoms with van der Waals surface area (Å²) in [5.74, 6) is 0.244. The molecule has 5 heteroatoms. The molecule has 0 aliphatic carbocycles. The van der Waals surface area contributed by atoms with Crippen molar-refractivity contribution in [2.24, 2.45) is 0 Å². The summed E-state index contributed by atoms with van der Waals surface area (Å²) >= 11 is 0. The molecule has 0 bridgehead atoms. The third-order valence-corrected chi connectivity index (χ3v) is 4.72. The Morgan fingerprint density at radius 3 is 2.36 bits per heavy atom. The van der Waals surface area contributed by atoms with E-state index in [1.807, 2.05) is 24.3 Å². The molecule has 1 atom stereocenters. The molecule has 3 rings (SSSR count). The molecule has 126 valence electrons. The van der Waals surface area contributed by atoms with Crippen molar-refractivity contribution in [1.82, 2.24) is 0 Å². The highest BCUT2D eigenvalue weighted by atomic mass is 31.2. The Kier molecular flexibility index (Phi) is 4.49. The van der Waals surface area contributed by atoms with Crippen LogP contribution in [0.3, 0.4) is 0 Å². The molecule has 25 heavy (non-hydrogen) atoms. The van der Waals surface area contributed by atoms with Gasteiger partial charge in [0.25, 0.3) is 0 Å². The lowest BCUT2D eigenvalue weighted by molar-refractivity contribution is 0.269. The zero-order valence-electron chi connectivity index (χ0n) is 13.5. The smallest absolute Gasteiger partial charge is 0.402 e.